The largest absolute Gasteiger partial charge is 0.366 e. The molecule has 1 saturated carbocycles. The van der Waals surface area contributed by atoms with Gasteiger partial charge in [0.15, 0.2) is 0 Å². The summed E-state index contributed by atoms with van der Waals surface area (Å²) < 4.78 is 0.762. The fourth-order valence-electron chi connectivity index (χ4n) is 2.33. The van der Waals surface area contributed by atoms with Gasteiger partial charge in [0.25, 0.3) is 0 Å². The van der Waals surface area contributed by atoms with Crippen LogP contribution >= 0.6 is 27.5 Å². The molecule has 1 aliphatic carbocycles. The summed E-state index contributed by atoms with van der Waals surface area (Å²) in [6.45, 7) is 2.31. The highest BCUT2D eigenvalue weighted by molar-refractivity contribution is 9.10. The monoisotopic (exact) mass is 317 g/mol. The van der Waals surface area contributed by atoms with Gasteiger partial charge in [0.05, 0.1) is 4.47 Å². The maximum absolute atomic E-state index is 5.96. The van der Waals surface area contributed by atoms with E-state index in [-0.39, 0.29) is 0 Å². The van der Waals surface area contributed by atoms with Gasteiger partial charge in [-0.05, 0) is 34.7 Å². The average molecular weight is 319 g/mol. The minimum atomic E-state index is 0.462. The van der Waals surface area contributed by atoms with Crippen molar-refractivity contribution >= 4 is 33.3 Å². The molecule has 1 aromatic heterocycles. The van der Waals surface area contributed by atoms with Crippen molar-refractivity contribution in [2.24, 2.45) is 5.92 Å². The SMILES string of the molecule is CC1CCCCCC1Nc1ncnc(Cl)c1Br. The van der Waals surface area contributed by atoms with Gasteiger partial charge in [0.2, 0.25) is 0 Å². The van der Waals surface area contributed by atoms with Gasteiger partial charge in [-0.25, -0.2) is 9.97 Å². The third kappa shape index (κ3) is 3.32. The zero-order valence-corrected chi connectivity index (χ0v) is 12.3. The molecule has 0 radical (unpaired) electrons. The van der Waals surface area contributed by atoms with Crippen LogP contribution in [0.2, 0.25) is 5.15 Å². The maximum Gasteiger partial charge on any atom is 0.148 e. The van der Waals surface area contributed by atoms with Crippen molar-refractivity contribution in [2.75, 3.05) is 5.32 Å². The quantitative estimate of drug-likeness (QED) is 0.653. The van der Waals surface area contributed by atoms with Crippen molar-refractivity contribution in [3.63, 3.8) is 0 Å². The van der Waals surface area contributed by atoms with E-state index in [0.717, 1.165) is 10.3 Å². The van der Waals surface area contributed by atoms with Crippen LogP contribution in [0, 0.1) is 5.92 Å². The van der Waals surface area contributed by atoms with Crippen LogP contribution in [0.25, 0.3) is 0 Å². The van der Waals surface area contributed by atoms with Crippen molar-refractivity contribution in [3.8, 4) is 0 Å². The highest BCUT2D eigenvalue weighted by atomic mass is 79.9. The van der Waals surface area contributed by atoms with Crippen LogP contribution < -0.4 is 5.32 Å². The Labute approximate surface area is 116 Å². The Balaban J connectivity index is 2.10. The number of rotatable bonds is 2. The molecule has 0 spiro atoms. The first-order valence-corrected chi connectivity index (χ1v) is 7.28. The summed E-state index contributed by atoms with van der Waals surface area (Å²) >= 11 is 9.39. The highest BCUT2D eigenvalue weighted by Crippen LogP contribution is 2.30. The molecule has 1 aromatic rings. The minimum absolute atomic E-state index is 0.462. The van der Waals surface area contributed by atoms with Crippen LogP contribution in [-0.4, -0.2) is 16.0 Å². The Bertz CT molecular complexity index is 386. The fourth-order valence-corrected chi connectivity index (χ4v) is 2.78. The van der Waals surface area contributed by atoms with Gasteiger partial charge >= 0.3 is 0 Å². The molecule has 1 aliphatic rings. The topological polar surface area (TPSA) is 37.8 Å². The predicted octanol–water partition coefficient (Wildman–Crippen LogP) is 4.27. The number of anilines is 1. The number of nitrogens with zero attached hydrogens (tertiary/aromatic N) is 2. The maximum atomic E-state index is 5.96. The zero-order valence-electron chi connectivity index (χ0n) is 9.92. The molecular weight excluding hydrogens is 302 g/mol. The van der Waals surface area contributed by atoms with E-state index in [9.17, 15) is 0 Å². The molecule has 1 heterocycles. The van der Waals surface area contributed by atoms with Crippen LogP contribution in [0.1, 0.15) is 39.0 Å². The fraction of sp³-hybridized carbons (Fsp3) is 0.667. The minimum Gasteiger partial charge on any atom is -0.366 e. The number of hydrogen-bond donors (Lipinski definition) is 1. The molecule has 2 rings (SSSR count). The summed E-state index contributed by atoms with van der Waals surface area (Å²) in [5.41, 5.74) is 0. The van der Waals surface area contributed by atoms with Gasteiger partial charge in [-0.15, -0.1) is 0 Å². The first-order valence-electron chi connectivity index (χ1n) is 6.11. The Morgan fingerprint density at radius 1 is 1.29 bits per heavy atom. The summed E-state index contributed by atoms with van der Waals surface area (Å²) in [6.07, 6.45) is 7.96. The number of nitrogens with one attached hydrogen (secondary N) is 1. The smallest absolute Gasteiger partial charge is 0.148 e. The second-order valence-corrected chi connectivity index (χ2v) is 5.84. The van der Waals surface area contributed by atoms with Crippen molar-refractivity contribution in [1.82, 2.24) is 9.97 Å². The third-order valence-corrected chi connectivity index (χ3v) is 4.70. The Hall–Kier alpha value is -0.350. The molecule has 5 heteroatoms. The molecule has 0 bridgehead atoms. The third-order valence-electron chi connectivity index (χ3n) is 3.43. The Kier molecular flexibility index (Phi) is 4.62. The molecule has 0 saturated heterocycles. The molecule has 3 nitrogen and oxygen atoms in total. The lowest BCUT2D eigenvalue weighted by Gasteiger charge is -2.23. The lowest BCUT2D eigenvalue weighted by Crippen LogP contribution is -2.27. The van der Waals surface area contributed by atoms with Gasteiger partial charge in [-0.2, -0.15) is 0 Å². The summed E-state index contributed by atoms with van der Waals surface area (Å²) in [7, 11) is 0. The number of aromatic nitrogens is 2. The first-order chi connectivity index (χ1) is 8.18. The predicted molar refractivity (Wildman–Crippen MR) is 74.4 cm³/mol. The molecule has 94 valence electrons. The van der Waals surface area contributed by atoms with Gasteiger partial charge in [0, 0.05) is 6.04 Å². The first kappa shape index (κ1) is 13.1. The van der Waals surface area contributed by atoms with E-state index in [1.807, 2.05) is 0 Å². The second-order valence-electron chi connectivity index (χ2n) is 4.69. The van der Waals surface area contributed by atoms with Gasteiger partial charge in [-0.3, -0.25) is 0 Å². The van der Waals surface area contributed by atoms with Crippen LogP contribution in [0.3, 0.4) is 0 Å². The van der Waals surface area contributed by atoms with Crippen molar-refractivity contribution in [2.45, 2.75) is 45.1 Å². The molecule has 1 N–H and O–H groups in total. The summed E-state index contributed by atoms with van der Waals surface area (Å²) in [6, 6.07) is 0.486. The molecule has 2 unspecified atom stereocenters. The second kappa shape index (κ2) is 6.01. The lowest BCUT2D eigenvalue weighted by atomic mass is 9.97. The summed E-state index contributed by atoms with van der Waals surface area (Å²) in [4.78, 5) is 8.18. The van der Waals surface area contributed by atoms with Crippen LogP contribution in [0.15, 0.2) is 10.8 Å². The molecule has 2 atom stereocenters. The van der Waals surface area contributed by atoms with E-state index in [4.69, 9.17) is 11.6 Å². The number of hydrogen-bond acceptors (Lipinski definition) is 3. The van der Waals surface area contributed by atoms with Gasteiger partial charge < -0.3 is 5.32 Å². The van der Waals surface area contributed by atoms with E-state index < -0.39 is 0 Å². The highest BCUT2D eigenvalue weighted by Gasteiger charge is 2.21. The Morgan fingerprint density at radius 2 is 2.06 bits per heavy atom. The normalized spacial score (nSPS) is 25.4. The van der Waals surface area contributed by atoms with E-state index in [2.05, 4.69) is 38.1 Å². The number of halogens is 2. The lowest BCUT2D eigenvalue weighted by molar-refractivity contribution is 0.455. The van der Waals surface area contributed by atoms with Crippen molar-refractivity contribution in [1.29, 1.82) is 0 Å². The zero-order chi connectivity index (χ0) is 12.3. The molecular formula is C12H17BrClN3. The standard InChI is InChI=1S/C12H17BrClN3/c1-8-5-3-2-4-6-9(8)17-12-10(13)11(14)15-7-16-12/h7-9H,2-6H2,1H3,(H,15,16,17). The van der Waals surface area contributed by atoms with E-state index in [1.165, 1.54) is 38.4 Å². The summed E-state index contributed by atoms with van der Waals surface area (Å²) in [5.74, 6) is 1.49. The summed E-state index contributed by atoms with van der Waals surface area (Å²) in [5, 5.41) is 3.96. The molecule has 0 aromatic carbocycles. The molecule has 1 fully saturated rings. The van der Waals surface area contributed by atoms with Gasteiger partial charge in [-0.1, -0.05) is 37.8 Å². The van der Waals surface area contributed by atoms with E-state index in [0.29, 0.717) is 17.1 Å². The Morgan fingerprint density at radius 3 is 2.88 bits per heavy atom. The van der Waals surface area contributed by atoms with E-state index >= 15 is 0 Å². The average Bonchev–Trinajstić information content (AvgIpc) is 2.51. The molecule has 0 aliphatic heterocycles. The van der Waals surface area contributed by atoms with Gasteiger partial charge in [0.1, 0.15) is 17.3 Å². The van der Waals surface area contributed by atoms with Crippen LogP contribution in [0.4, 0.5) is 5.82 Å². The van der Waals surface area contributed by atoms with Crippen molar-refractivity contribution in [3.05, 3.63) is 16.0 Å². The molecule has 0 amide bonds. The van der Waals surface area contributed by atoms with Crippen LogP contribution in [0.5, 0.6) is 0 Å². The van der Waals surface area contributed by atoms with Crippen molar-refractivity contribution < 1.29 is 0 Å². The van der Waals surface area contributed by atoms with Crippen LogP contribution in [-0.2, 0) is 0 Å². The van der Waals surface area contributed by atoms with E-state index in [1.54, 1.807) is 0 Å². The molecule has 17 heavy (non-hydrogen) atoms.